The van der Waals surface area contributed by atoms with Crippen LogP contribution < -0.4 is 5.32 Å². The van der Waals surface area contributed by atoms with Crippen molar-refractivity contribution in [3.05, 3.63) is 83.2 Å². The molecule has 33 heavy (non-hydrogen) atoms. The van der Waals surface area contributed by atoms with Gasteiger partial charge in [-0.3, -0.25) is 9.69 Å². The fourth-order valence-electron chi connectivity index (χ4n) is 3.99. The van der Waals surface area contributed by atoms with Crippen molar-refractivity contribution < 1.29 is 22.7 Å². The summed E-state index contributed by atoms with van der Waals surface area (Å²) >= 11 is 0. The fourth-order valence-corrected chi connectivity index (χ4v) is 3.99. The highest BCUT2D eigenvalue weighted by molar-refractivity contribution is 5.95. The van der Waals surface area contributed by atoms with Crippen LogP contribution >= 0.6 is 0 Å². The summed E-state index contributed by atoms with van der Waals surface area (Å²) in [5, 5.41) is 7.29. The molecule has 2 heterocycles. The van der Waals surface area contributed by atoms with Crippen LogP contribution in [-0.2, 0) is 10.9 Å². The average molecular weight is 458 g/mol. The first-order chi connectivity index (χ1) is 15.8. The highest BCUT2D eigenvalue weighted by atomic mass is 19.4. The summed E-state index contributed by atoms with van der Waals surface area (Å²) in [5.74, 6) is -0.278. The molecule has 9 heteroatoms. The number of benzene rings is 2. The number of nitrogens with zero attached hydrogens (tertiary/aromatic N) is 3. The van der Waals surface area contributed by atoms with Gasteiger partial charge in [0, 0.05) is 19.6 Å². The molecule has 1 saturated heterocycles. The third-order valence-electron chi connectivity index (χ3n) is 5.82. The highest BCUT2D eigenvalue weighted by Gasteiger charge is 2.31. The van der Waals surface area contributed by atoms with Crippen LogP contribution in [0, 0.1) is 6.92 Å². The Kier molecular flexibility index (Phi) is 6.80. The van der Waals surface area contributed by atoms with E-state index in [-0.39, 0.29) is 18.5 Å². The van der Waals surface area contributed by atoms with E-state index in [0.29, 0.717) is 43.1 Å². The minimum absolute atomic E-state index is 0.250. The number of hydrogen-bond acceptors (Lipinski definition) is 4. The number of para-hydroxylation sites is 1. The van der Waals surface area contributed by atoms with Gasteiger partial charge in [0.2, 0.25) is 0 Å². The van der Waals surface area contributed by atoms with E-state index in [9.17, 15) is 18.0 Å². The van der Waals surface area contributed by atoms with E-state index in [1.165, 1.54) is 18.3 Å². The van der Waals surface area contributed by atoms with Gasteiger partial charge in [0.25, 0.3) is 5.91 Å². The van der Waals surface area contributed by atoms with Gasteiger partial charge in [0.1, 0.15) is 0 Å². The molecule has 0 saturated carbocycles. The molecule has 2 aromatic carbocycles. The largest absolute Gasteiger partial charge is 0.416 e. The number of halogens is 3. The molecule has 4 rings (SSSR count). The minimum atomic E-state index is -4.39. The molecule has 6 nitrogen and oxygen atoms in total. The second-order valence-electron chi connectivity index (χ2n) is 7.88. The van der Waals surface area contributed by atoms with Crippen molar-refractivity contribution in [2.24, 2.45) is 0 Å². The smallest absolute Gasteiger partial charge is 0.379 e. The minimum Gasteiger partial charge on any atom is -0.379 e. The summed E-state index contributed by atoms with van der Waals surface area (Å²) < 4.78 is 46.1. The SMILES string of the molecule is Cc1c(C(=O)NCC(c2ccc(C(F)(F)F)cc2)N2CCOCC2)cnn1-c1ccccc1. The van der Waals surface area contributed by atoms with Crippen LogP contribution in [0.2, 0.25) is 0 Å². The number of amides is 1. The summed E-state index contributed by atoms with van der Waals surface area (Å²) in [6.45, 7) is 4.41. The van der Waals surface area contributed by atoms with E-state index >= 15 is 0 Å². The number of aromatic nitrogens is 2. The normalized spacial score (nSPS) is 15.9. The monoisotopic (exact) mass is 458 g/mol. The molecule has 0 aliphatic carbocycles. The Labute approximate surface area is 190 Å². The molecule has 174 valence electrons. The van der Waals surface area contributed by atoms with E-state index in [0.717, 1.165) is 17.8 Å². The number of carbonyl (C=O) groups excluding carboxylic acids is 1. The van der Waals surface area contributed by atoms with Crippen molar-refractivity contribution in [2.75, 3.05) is 32.8 Å². The number of ether oxygens (including phenoxy) is 1. The van der Waals surface area contributed by atoms with Crippen LogP contribution in [0.5, 0.6) is 0 Å². The fraction of sp³-hybridized carbons (Fsp3) is 0.333. The van der Waals surface area contributed by atoms with Gasteiger partial charge in [-0.25, -0.2) is 4.68 Å². The molecule has 0 bridgehead atoms. The van der Waals surface area contributed by atoms with Crippen LogP contribution in [0.1, 0.15) is 33.2 Å². The predicted molar refractivity (Wildman–Crippen MR) is 117 cm³/mol. The number of rotatable bonds is 6. The second-order valence-corrected chi connectivity index (χ2v) is 7.88. The van der Waals surface area contributed by atoms with Crippen molar-refractivity contribution in [2.45, 2.75) is 19.1 Å². The molecule has 1 aliphatic heterocycles. The first-order valence-corrected chi connectivity index (χ1v) is 10.7. The molecule has 1 amide bonds. The van der Waals surface area contributed by atoms with Crippen molar-refractivity contribution in [1.82, 2.24) is 20.0 Å². The first kappa shape index (κ1) is 23.0. The molecule has 3 aromatic rings. The van der Waals surface area contributed by atoms with Crippen molar-refractivity contribution in [1.29, 1.82) is 0 Å². The van der Waals surface area contributed by atoms with E-state index in [1.807, 2.05) is 37.3 Å². The molecule has 1 aliphatic rings. The van der Waals surface area contributed by atoms with Crippen molar-refractivity contribution >= 4 is 5.91 Å². The third-order valence-corrected chi connectivity index (χ3v) is 5.82. The molecule has 1 fully saturated rings. The average Bonchev–Trinajstić information content (AvgIpc) is 3.21. The number of alkyl halides is 3. The van der Waals surface area contributed by atoms with Gasteiger partial charge in [0.05, 0.1) is 48.0 Å². The molecule has 1 unspecified atom stereocenters. The van der Waals surface area contributed by atoms with Crippen molar-refractivity contribution in [3.8, 4) is 5.69 Å². The van der Waals surface area contributed by atoms with Crippen molar-refractivity contribution in [3.63, 3.8) is 0 Å². The maximum Gasteiger partial charge on any atom is 0.416 e. The second kappa shape index (κ2) is 9.76. The van der Waals surface area contributed by atoms with Crippen LogP contribution in [0.4, 0.5) is 13.2 Å². The summed E-state index contributed by atoms with van der Waals surface area (Å²) in [7, 11) is 0. The van der Waals surface area contributed by atoms with E-state index in [2.05, 4.69) is 15.3 Å². The molecular weight excluding hydrogens is 433 g/mol. The summed E-state index contributed by atoms with van der Waals surface area (Å²) in [5.41, 5.74) is 2.02. The molecule has 0 spiro atoms. The maximum atomic E-state index is 13.0. The van der Waals surface area contributed by atoms with Gasteiger partial charge in [-0.2, -0.15) is 18.3 Å². The summed E-state index contributed by atoms with van der Waals surface area (Å²) in [6, 6.07) is 14.4. The Balaban J connectivity index is 1.51. The lowest BCUT2D eigenvalue weighted by Crippen LogP contribution is -2.43. The molecule has 0 radical (unpaired) electrons. The number of morpholine rings is 1. The number of nitrogens with one attached hydrogen (secondary N) is 1. The molecule has 1 aromatic heterocycles. The quantitative estimate of drug-likeness (QED) is 0.607. The third kappa shape index (κ3) is 5.26. The lowest BCUT2D eigenvalue weighted by atomic mass is 10.0. The molecular formula is C24H25F3N4O2. The maximum absolute atomic E-state index is 13.0. The van der Waals surface area contributed by atoms with Gasteiger partial charge in [0.15, 0.2) is 0 Å². The first-order valence-electron chi connectivity index (χ1n) is 10.7. The predicted octanol–water partition coefficient (Wildman–Crippen LogP) is 4.00. The van der Waals surface area contributed by atoms with Gasteiger partial charge < -0.3 is 10.1 Å². The lowest BCUT2D eigenvalue weighted by molar-refractivity contribution is -0.137. The Morgan fingerprint density at radius 1 is 1.09 bits per heavy atom. The van der Waals surface area contributed by atoms with Crippen LogP contribution in [0.25, 0.3) is 5.69 Å². The zero-order valence-electron chi connectivity index (χ0n) is 18.2. The Hall–Kier alpha value is -3.17. The zero-order valence-corrected chi connectivity index (χ0v) is 18.2. The lowest BCUT2D eigenvalue weighted by Gasteiger charge is -2.35. The molecule has 1 atom stereocenters. The number of hydrogen-bond donors (Lipinski definition) is 1. The van der Waals surface area contributed by atoms with Gasteiger partial charge >= 0.3 is 6.18 Å². The topological polar surface area (TPSA) is 59.4 Å². The van der Waals surface area contributed by atoms with Gasteiger partial charge in [-0.05, 0) is 36.8 Å². The van der Waals surface area contributed by atoms with Crippen LogP contribution in [-0.4, -0.2) is 53.4 Å². The zero-order chi connectivity index (χ0) is 23.4. The molecule has 1 N–H and O–H groups in total. The van der Waals surface area contributed by atoms with E-state index < -0.39 is 11.7 Å². The van der Waals surface area contributed by atoms with E-state index in [4.69, 9.17) is 4.74 Å². The summed E-state index contributed by atoms with van der Waals surface area (Å²) in [4.78, 5) is 15.1. The van der Waals surface area contributed by atoms with Gasteiger partial charge in [-0.15, -0.1) is 0 Å². The van der Waals surface area contributed by atoms with Gasteiger partial charge in [-0.1, -0.05) is 30.3 Å². The van der Waals surface area contributed by atoms with E-state index in [1.54, 1.807) is 4.68 Å². The number of carbonyl (C=O) groups is 1. The Morgan fingerprint density at radius 2 is 1.76 bits per heavy atom. The Morgan fingerprint density at radius 3 is 2.39 bits per heavy atom. The van der Waals surface area contributed by atoms with Crippen LogP contribution in [0.3, 0.4) is 0 Å². The van der Waals surface area contributed by atoms with Crippen LogP contribution in [0.15, 0.2) is 60.8 Å². The standard InChI is InChI=1S/C24H25F3N4O2/c1-17-21(15-29-31(17)20-5-3-2-4-6-20)23(32)28-16-22(30-11-13-33-14-12-30)18-7-9-19(10-8-18)24(25,26)27/h2-10,15,22H,11-14,16H2,1H3,(H,28,32). The highest BCUT2D eigenvalue weighted by Crippen LogP contribution is 2.31. The Bertz CT molecular complexity index is 1080. The summed E-state index contributed by atoms with van der Waals surface area (Å²) in [6.07, 6.45) is -2.86.